The summed E-state index contributed by atoms with van der Waals surface area (Å²) in [6, 6.07) is 10.2. The fraction of sp³-hybridized carbons (Fsp3) is 0.531. The number of aryl methyl sites for hydroxylation is 1. The average Bonchev–Trinajstić information content (AvgIpc) is 3.23. The van der Waals surface area contributed by atoms with Crippen molar-refractivity contribution >= 4 is 16.1 Å². The summed E-state index contributed by atoms with van der Waals surface area (Å²) in [5.74, 6) is -1.06. The minimum absolute atomic E-state index is 0.0222. The highest BCUT2D eigenvalue weighted by Gasteiger charge is 2.66. The van der Waals surface area contributed by atoms with Gasteiger partial charge in [-0.1, -0.05) is 37.6 Å². The molecular formula is C32H39N3O6S. The lowest BCUT2D eigenvalue weighted by atomic mass is 9.39. The molecular weight excluding hydrogens is 554 g/mol. The molecule has 0 saturated heterocycles. The Balaban J connectivity index is 1.20. The predicted molar refractivity (Wildman–Crippen MR) is 157 cm³/mol. The Kier molecular flexibility index (Phi) is 6.90. The zero-order valence-corrected chi connectivity index (χ0v) is 25.5. The Morgan fingerprint density at radius 2 is 1.64 bits per heavy atom. The number of hydrogen-bond donors (Lipinski definition) is 1. The predicted octanol–water partition coefficient (Wildman–Crippen LogP) is 5.80. The third-order valence-corrected chi connectivity index (χ3v) is 10.9. The summed E-state index contributed by atoms with van der Waals surface area (Å²) in [6.07, 6.45) is 9.30. The standard InChI is InChI=1S/C32H39N3O6S/c1-22-7-9-24(10-8-22)42(38,39)41-13-12-40-32-18-29(3)15-30(4,19-32)17-31(16-29,20-32)21-35-23(2)26(14-34-35)25-6-5-11-33-27(25)28(36)37/h5-11,14H,12-13,15-21H2,1-4H3,(H,36,37). The van der Waals surface area contributed by atoms with E-state index in [0.29, 0.717) is 5.56 Å². The van der Waals surface area contributed by atoms with Crippen LogP contribution in [0.25, 0.3) is 11.1 Å². The topological polar surface area (TPSA) is 121 Å². The summed E-state index contributed by atoms with van der Waals surface area (Å²) in [5, 5.41) is 14.4. The number of aromatic carboxylic acids is 1. The van der Waals surface area contributed by atoms with Gasteiger partial charge in [0.2, 0.25) is 0 Å². The van der Waals surface area contributed by atoms with Gasteiger partial charge >= 0.3 is 5.97 Å². The Hall–Kier alpha value is -3.08. The van der Waals surface area contributed by atoms with Crippen LogP contribution in [0, 0.1) is 30.1 Å². The highest BCUT2D eigenvalue weighted by molar-refractivity contribution is 7.86. The molecule has 2 atom stereocenters. The van der Waals surface area contributed by atoms with Crippen molar-refractivity contribution in [3.05, 3.63) is 65.7 Å². The van der Waals surface area contributed by atoms with Crippen LogP contribution in [0.5, 0.6) is 0 Å². The third kappa shape index (κ3) is 5.29. The van der Waals surface area contributed by atoms with Crippen molar-refractivity contribution in [3.8, 4) is 11.1 Å². The minimum atomic E-state index is -3.85. The molecule has 0 radical (unpaired) electrons. The first kappa shape index (κ1) is 29.0. The van der Waals surface area contributed by atoms with E-state index in [1.807, 2.05) is 18.5 Å². The van der Waals surface area contributed by atoms with Gasteiger partial charge in [0.1, 0.15) is 0 Å². The van der Waals surface area contributed by atoms with Gasteiger partial charge in [-0.3, -0.25) is 8.86 Å². The summed E-state index contributed by atoms with van der Waals surface area (Å²) in [5.41, 5.74) is 3.11. The molecule has 2 heterocycles. The van der Waals surface area contributed by atoms with Crippen LogP contribution in [-0.2, 0) is 25.6 Å². The molecule has 0 spiro atoms. The highest BCUT2D eigenvalue weighted by atomic mass is 32.2. The van der Waals surface area contributed by atoms with Crippen molar-refractivity contribution in [1.29, 1.82) is 0 Å². The molecule has 4 saturated carbocycles. The number of carbonyl (C=O) groups is 1. The minimum Gasteiger partial charge on any atom is -0.476 e. The van der Waals surface area contributed by atoms with Gasteiger partial charge in [-0.25, -0.2) is 9.78 Å². The van der Waals surface area contributed by atoms with Gasteiger partial charge < -0.3 is 9.84 Å². The van der Waals surface area contributed by atoms with E-state index in [1.54, 1.807) is 42.6 Å². The summed E-state index contributed by atoms with van der Waals surface area (Å²) < 4.78 is 39.4. The number of aromatic nitrogens is 3. The number of ether oxygens (including phenoxy) is 1. The molecule has 4 bridgehead atoms. The van der Waals surface area contributed by atoms with Crippen molar-refractivity contribution in [2.45, 2.75) is 83.3 Å². The van der Waals surface area contributed by atoms with Crippen LogP contribution in [0.4, 0.5) is 0 Å². The molecule has 42 heavy (non-hydrogen) atoms. The van der Waals surface area contributed by atoms with Crippen LogP contribution in [0.2, 0.25) is 0 Å². The molecule has 224 valence electrons. The largest absolute Gasteiger partial charge is 0.476 e. The van der Waals surface area contributed by atoms with Gasteiger partial charge in [-0.15, -0.1) is 0 Å². The van der Waals surface area contributed by atoms with Gasteiger partial charge in [0.25, 0.3) is 10.1 Å². The Morgan fingerprint density at radius 3 is 2.31 bits per heavy atom. The molecule has 4 fully saturated rings. The van der Waals surface area contributed by atoms with Crippen LogP contribution >= 0.6 is 0 Å². The number of carboxylic acids is 1. The lowest BCUT2D eigenvalue weighted by molar-refractivity contribution is -0.249. The molecule has 4 aliphatic carbocycles. The van der Waals surface area contributed by atoms with E-state index in [4.69, 9.17) is 14.0 Å². The summed E-state index contributed by atoms with van der Waals surface area (Å²) in [7, 11) is -3.85. The monoisotopic (exact) mass is 593 g/mol. The SMILES string of the molecule is Cc1ccc(S(=O)(=O)OCCOC23CC4(C)CC(C)(CC(Cn5ncc(-c6cccnc6C(=O)O)c5C)(C4)C2)C3)cc1. The van der Waals surface area contributed by atoms with Crippen LogP contribution in [0.15, 0.2) is 53.7 Å². The van der Waals surface area contributed by atoms with Crippen molar-refractivity contribution in [2.24, 2.45) is 16.2 Å². The van der Waals surface area contributed by atoms with E-state index in [9.17, 15) is 18.3 Å². The summed E-state index contributed by atoms with van der Waals surface area (Å²) in [6.45, 7) is 9.52. The number of hydrogen-bond acceptors (Lipinski definition) is 7. The smallest absolute Gasteiger partial charge is 0.355 e. The van der Waals surface area contributed by atoms with Crippen LogP contribution < -0.4 is 0 Å². The second kappa shape index (κ2) is 9.99. The molecule has 3 aromatic rings. The van der Waals surface area contributed by atoms with Gasteiger partial charge in [0, 0.05) is 29.6 Å². The maximum absolute atomic E-state index is 12.7. The van der Waals surface area contributed by atoms with E-state index >= 15 is 0 Å². The zero-order valence-electron chi connectivity index (χ0n) is 24.7. The number of rotatable bonds is 10. The molecule has 2 unspecified atom stereocenters. The van der Waals surface area contributed by atoms with E-state index in [1.165, 1.54) is 6.20 Å². The first-order valence-electron chi connectivity index (χ1n) is 14.6. The van der Waals surface area contributed by atoms with Crippen molar-refractivity contribution in [1.82, 2.24) is 14.8 Å². The van der Waals surface area contributed by atoms with Crippen molar-refractivity contribution < 1.29 is 27.2 Å². The van der Waals surface area contributed by atoms with Crippen LogP contribution in [0.1, 0.15) is 74.1 Å². The summed E-state index contributed by atoms with van der Waals surface area (Å²) in [4.78, 5) is 16.1. The second-order valence-electron chi connectivity index (χ2n) is 13.8. The highest BCUT2D eigenvalue weighted by Crippen LogP contribution is 2.72. The van der Waals surface area contributed by atoms with Gasteiger partial charge in [0.15, 0.2) is 5.69 Å². The molecule has 10 heteroatoms. The number of carboxylic acid groups (broad SMARTS) is 1. The van der Waals surface area contributed by atoms with Gasteiger partial charge in [0.05, 0.1) is 29.9 Å². The maximum atomic E-state index is 12.7. The summed E-state index contributed by atoms with van der Waals surface area (Å²) >= 11 is 0. The quantitative estimate of drug-likeness (QED) is 0.231. The fourth-order valence-electron chi connectivity index (χ4n) is 9.31. The average molecular weight is 594 g/mol. The zero-order chi connectivity index (χ0) is 30.0. The van der Waals surface area contributed by atoms with Crippen molar-refractivity contribution in [3.63, 3.8) is 0 Å². The Morgan fingerprint density at radius 1 is 0.952 bits per heavy atom. The van der Waals surface area contributed by atoms with Gasteiger partial charge in [-0.2, -0.15) is 13.5 Å². The first-order valence-corrected chi connectivity index (χ1v) is 16.0. The Labute approximate surface area is 247 Å². The van der Waals surface area contributed by atoms with Crippen LogP contribution in [-0.4, -0.2) is 53.1 Å². The van der Waals surface area contributed by atoms with E-state index in [2.05, 4.69) is 18.8 Å². The molecule has 7 rings (SSSR count). The second-order valence-corrected chi connectivity index (χ2v) is 15.4. The Bertz CT molecular complexity index is 1610. The molecule has 0 aliphatic heterocycles. The number of nitrogens with zero attached hydrogens (tertiary/aromatic N) is 3. The number of pyridine rings is 1. The third-order valence-electron chi connectivity index (χ3n) is 9.58. The van der Waals surface area contributed by atoms with E-state index in [0.717, 1.165) is 61.9 Å². The van der Waals surface area contributed by atoms with Crippen LogP contribution in [0.3, 0.4) is 0 Å². The lowest BCUT2D eigenvalue weighted by Gasteiger charge is -2.69. The number of benzene rings is 1. The normalized spacial score (nSPS) is 30.1. The van der Waals surface area contributed by atoms with Crippen molar-refractivity contribution in [2.75, 3.05) is 13.2 Å². The first-order chi connectivity index (χ1) is 19.7. The molecule has 0 amide bonds. The molecule has 2 aromatic heterocycles. The lowest BCUT2D eigenvalue weighted by Crippen LogP contribution is -2.64. The molecule has 1 N–H and O–H groups in total. The van der Waals surface area contributed by atoms with E-state index in [-0.39, 0.29) is 45.6 Å². The fourth-order valence-corrected chi connectivity index (χ4v) is 10.2. The molecule has 9 nitrogen and oxygen atoms in total. The molecule has 1 aromatic carbocycles. The van der Waals surface area contributed by atoms with Gasteiger partial charge in [-0.05, 0) is 86.8 Å². The van der Waals surface area contributed by atoms with E-state index < -0.39 is 16.1 Å². The maximum Gasteiger partial charge on any atom is 0.355 e. The molecule has 4 aliphatic rings.